The van der Waals surface area contributed by atoms with Crippen molar-refractivity contribution in [3.05, 3.63) is 47.8 Å². The molecule has 3 nitrogen and oxygen atoms in total. The van der Waals surface area contributed by atoms with Crippen LogP contribution in [-0.4, -0.2) is 9.78 Å². The fraction of sp³-hybridized carbons (Fsp3) is 0.400. The standard InChI is InChI=1S/C15H21N3S/c1-3-12(2)18-9-8-14(17-18)11-19-15-6-4-13(10-16)5-7-15/h4-9,12H,3,10-11,16H2,1-2H3. The Bertz CT molecular complexity index is 504. The number of rotatable bonds is 6. The minimum Gasteiger partial charge on any atom is -0.326 e. The number of hydrogen-bond acceptors (Lipinski definition) is 3. The van der Waals surface area contributed by atoms with Crippen molar-refractivity contribution in [2.45, 2.75) is 43.5 Å². The summed E-state index contributed by atoms with van der Waals surface area (Å²) in [6, 6.07) is 11.0. The van der Waals surface area contributed by atoms with Crippen molar-refractivity contribution in [1.29, 1.82) is 0 Å². The van der Waals surface area contributed by atoms with Gasteiger partial charge in [0.15, 0.2) is 0 Å². The van der Waals surface area contributed by atoms with Crippen molar-refractivity contribution < 1.29 is 0 Å². The van der Waals surface area contributed by atoms with Gasteiger partial charge in [0.1, 0.15) is 0 Å². The summed E-state index contributed by atoms with van der Waals surface area (Å²) in [5.41, 5.74) is 7.89. The van der Waals surface area contributed by atoms with Gasteiger partial charge in [-0.05, 0) is 37.1 Å². The van der Waals surface area contributed by atoms with Crippen LogP contribution in [0.4, 0.5) is 0 Å². The third kappa shape index (κ3) is 3.85. The van der Waals surface area contributed by atoms with E-state index in [2.05, 4.69) is 55.5 Å². The van der Waals surface area contributed by atoms with Gasteiger partial charge in [-0.15, -0.1) is 11.8 Å². The summed E-state index contributed by atoms with van der Waals surface area (Å²) < 4.78 is 2.05. The molecule has 0 radical (unpaired) electrons. The summed E-state index contributed by atoms with van der Waals surface area (Å²) in [4.78, 5) is 1.26. The van der Waals surface area contributed by atoms with Crippen LogP contribution < -0.4 is 5.73 Å². The molecule has 4 heteroatoms. The van der Waals surface area contributed by atoms with E-state index >= 15 is 0 Å². The minimum atomic E-state index is 0.475. The topological polar surface area (TPSA) is 43.8 Å². The highest BCUT2D eigenvalue weighted by Gasteiger charge is 2.05. The minimum absolute atomic E-state index is 0.475. The zero-order valence-electron chi connectivity index (χ0n) is 11.5. The highest BCUT2D eigenvalue weighted by atomic mass is 32.2. The van der Waals surface area contributed by atoms with Crippen LogP contribution in [0.3, 0.4) is 0 Å². The molecule has 1 unspecified atom stereocenters. The van der Waals surface area contributed by atoms with E-state index in [-0.39, 0.29) is 0 Å². The molecule has 0 aliphatic rings. The van der Waals surface area contributed by atoms with Crippen LogP contribution >= 0.6 is 11.8 Å². The van der Waals surface area contributed by atoms with Crippen LogP contribution in [0.5, 0.6) is 0 Å². The number of benzene rings is 1. The van der Waals surface area contributed by atoms with E-state index in [9.17, 15) is 0 Å². The number of thioether (sulfide) groups is 1. The maximum Gasteiger partial charge on any atom is 0.0727 e. The van der Waals surface area contributed by atoms with Crippen LogP contribution in [0.2, 0.25) is 0 Å². The van der Waals surface area contributed by atoms with Crippen LogP contribution in [-0.2, 0) is 12.3 Å². The van der Waals surface area contributed by atoms with Crippen LogP contribution in [0, 0.1) is 0 Å². The second-order valence-corrected chi connectivity index (χ2v) is 5.73. The lowest BCUT2D eigenvalue weighted by atomic mass is 10.2. The van der Waals surface area contributed by atoms with Crippen LogP contribution in [0.1, 0.15) is 37.6 Å². The largest absolute Gasteiger partial charge is 0.326 e. The Labute approximate surface area is 119 Å². The molecule has 0 fully saturated rings. The summed E-state index contributed by atoms with van der Waals surface area (Å²) in [7, 11) is 0. The number of aromatic nitrogens is 2. The van der Waals surface area contributed by atoms with Crippen LogP contribution in [0.15, 0.2) is 41.4 Å². The third-order valence-corrected chi connectivity index (χ3v) is 4.30. The molecule has 1 aromatic heterocycles. The molecule has 0 aliphatic heterocycles. The lowest BCUT2D eigenvalue weighted by Gasteiger charge is -2.08. The quantitative estimate of drug-likeness (QED) is 0.819. The molecule has 1 atom stereocenters. The zero-order valence-corrected chi connectivity index (χ0v) is 12.4. The number of nitrogens with zero attached hydrogens (tertiary/aromatic N) is 2. The normalized spacial score (nSPS) is 12.6. The van der Waals surface area contributed by atoms with Gasteiger partial charge < -0.3 is 5.73 Å². The second-order valence-electron chi connectivity index (χ2n) is 4.68. The Morgan fingerprint density at radius 2 is 2.00 bits per heavy atom. The lowest BCUT2D eigenvalue weighted by Crippen LogP contribution is -2.04. The highest BCUT2D eigenvalue weighted by molar-refractivity contribution is 7.98. The van der Waals surface area contributed by atoms with Crippen molar-refractivity contribution >= 4 is 11.8 Å². The van der Waals surface area contributed by atoms with Gasteiger partial charge in [0.05, 0.1) is 5.69 Å². The summed E-state index contributed by atoms with van der Waals surface area (Å²) in [6.07, 6.45) is 3.18. The first-order chi connectivity index (χ1) is 9.22. The van der Waals surface area contributed by atoms with Crippen molar-refractivity contribution in [2.75, 3.05) is 0 Å². The van der Waals surface area contributed by atoms with Crippen molar-refractivity contribution in [3.8, 4) is 0 Å². The fourth-order valence-corrected chi connectivity index (χ4v) is 2.56. The smallest absolute Gasteiger partial charge is 0.0727 e. The molecule has 0 spiro atoms. The first-order valence-electron chi connectivity index (χ1n) is 6.68. The molecule has 2 rings (SSSR count). The van der Waals surface area contributed by atoms with Gasteiger partial charge in [-0.1, -0.05) is 19.1 Å². The first kappa shape index (κ1) is 14.2. The molecule has 0 saturated carbocycles. The van der Waals surface area contributed by atoms with E-state index in [1.807, 2.05) is 16.4 Å². The molecule has 2 aromatic rings. The Morgan fingerprint density at radius 3 is 2.63 bits per heavy atom. The Kier molecular flexibility index (Phi) is 5.05. The summed E-state index contributed by atoms with van der Waals surface area (Å²) in [6.45, 7) is 4.97. The molecule has 1 heterocycles. The molecule has 0 amide bonds. The molecule has 1 aromatic carbocycles. The maximum absolute atomic E-state index is 5.59. The predicted octanol–water partition coefficient (Wildman–Crippen LogP) is 3.61. The van der Waals surface area contributed by atoms with Crippen molar-refractivity contribution in [2.24, 2.45) is 5.73 Å². The van der Waals surface area contributed by atoms with Gasteiger partial charge in [0.25, 0.3) is 0 Å². The Morgan fingerprint density at radius 1 is 1.26 bits per heavy atom. The molecule has 0 saturated heterocycles. The molecule has 102 valence electrons. The zero-order chi connectivity index (χ0) is 13.7. The Balaban J connectivity index is 1.92. The van der Waals surface area contributed by atoms with Gasteiger partial charge in [-0.3, -0.25) is 4.68 Å². The lowest BCUT2D eigenvalue weighted by molar-refractivity contribution is 0.475. The highest BCUT2D eigenvalue weighted by Crippen LogP contribution is 2.22. The number of hydrogen-bond donors (Lipinski definition) is 1. The van der Waals surface area contributed by atoms with Gasteiger partial charge >= 0.3 is 0 Å². The molecule has 0 aliphatic carbocycles. The average Bonchev–Trinajstić information content (AvgIpc) is 2.93. The van der Waals surface area contributed by atoms with Crippen LogP contribution in [0.25, 0.3) is 0 Å². The van der Waals surface area contributed by atoms with E-state index in [0.29, 0.717) is 12.6 Å². The SMILES string of the molecule is CCC(C)n1ccc(CSc2ccc(CN)cc2)n1. The number of nitrogens with two attached hydrogens (primary N) is 1. The third-order valence-electron chi connectivity index (χ3n) is 3.25. The van der Waals surface area contributed by atoms with Gasteiger partial charge in [-0.2, -0.15) is 5.10 Å². The van der Waals surface area contributed by atoms with Gasteiger partial charge in [0.2, 0.25) is 0 Å². The maximum atomic E-state index is 5.59. The monoisotopic (exact) mass is 275 g/mol. The van der Waals surface area contributed by atoms with E-state index in [0.717, 1.165) is 17.9 Å². The predicted molar refractivity (Wildman–Crippen MR) is 81.1 cm³/mol. The van der Waals surface area contributed by atoms with Gasteiger partial charge in [-0.25, -0.2) is 0 Å². The second kappa shape index (κ2) is 6.78. The molecule has 19 heavy (non-hydrogen) atoms. The molecule has 2 N–H and O–H groups in total. The fourth-order valence-electron chi connectivity index (χ4n) is 1.77. The Hall–Kier alpha value is -1.26. The summed E-state index contributed by atoms with van der Waals surface area (Å²) in [5.74, 6) is 0.908. The van der Waals surface area contributed by atoms with E-state index < -0.39 is 0 Å². The van der Waals surface area contributed by atoms with Gasteiger partial charge in [0, 0.05) is 29.4 Å². The van der Waals surface area contributed by atoms with Crippen molar-refractivity contribution in [1.82, 2.24) is 9.78 Å². The molecular weight excluding hydrogens is 254 g/mol. The summed E-state index contributed by atoms with van der Waals surface area (Å²) in [5, 5.41) is 4.61. The first-order valence-corrected chi connectivity index (χ1v) is 7.67. The van der Waals surface area contributed by atoms with E-state index in [1.54, 1.807) is 0 Å². The van der Waals surface area contributed by atoms with E-state index in [4.69, 9.17) is 5.73 Å². The summed E-state index contributed by atoms with van der Waals surface area (Å²) >= 11 is 1.81. The van der Waals surface area contributed by atoms with Crippen molar-refractivity contribution in [3.63, 3.8) is 0 Å². The molecule has 0 bridgehead atoms. The molecular formula is C15H21N3S. The van der Waals surface area contributed by atoms with E-state index in [1.165, 1.54) is 10.5 Å². The average molecular weight is 275 g/mol.